The molecule has 1 unspecified atom stereocenters. The average Bonchev–Trinajstić information content (AvgIpc) is 2.84. The summed E-state index contributed by atoms with van der Waals surface area (Å²) in [5, 5.41) is 11.7. The van der Waals surface area contributed by atoms with Crippen LogP contribution in [0.25, 0.3) is 0 Å². The molecule has 2 heterocycles. The van der Waals surface area contributed by atoms with Crippen LogP contribution in [0.1, 0.15) is 30.2 Å². The summed E-state index contributed by atoms with van der Waals surface area (Å²) in [5.74, 6) is 6.43. The molecule has 0 spiro atoms. The first-order valence-electron chi connectivity index (χ1n) is 6.86. The Labute approximate surface area is 119 Å². The second-order valence-corrected chi connectivity index (χ2v) is 6.16. The lowest BCUT2D eigenvalue weighted by Crippen LogP contribution is -2.36. The maximum Gasteiger partial charge on any atom is 0.0555 e. The van der Waals surface area contributed by atoms with Crippen molar-refractivity contribution < 1.29 is 5.11 Å². The van der Waals surface area contributed by atoms with Crippen molar-refractivity contribution in [3.63, 3.8) is 0 Å². The van der Waals surface area contributed by atoms with Crippen LogP contribution in [0.5, 0.6) is 0 Å². The van der Waals surface area contributed by atoms with E-state index in [4.69, 9.17) is 5.73 Å². The molecule has 0 aliphatic carbocycles. The third-order valence-corrected chi connectivity index (χ3v) is 4.60. The maximum atomic E-state index is 9.60. The first-order chi connectivity index (χ1) is 9.19. The van der Waals surface area contributed by atoms with Gasteiger partial charge in [0, 0.05) is 22.4 Å². The molecular weight excluding hydrogens is 256 g/mol. The van der Waals surface area contributed by atoms with Gasteiger partial charge in [0.1, 0.15) is 0 Å². The van der Waals surface area contributed by atoms with Gasteiger partial charge < -0.3 is 10.8 Å². The minimum atomic E-state index is -0.165. The van der Waals surface area contributed by atoms with Crippen LogP contribution < -0.4 is 5.73 Å². The molecule has 0 saturated carbocycles. The molecule has 1 saturated heterocycles. The summed E-state index contributed by atoms with van der Waals surface area (Å²) in [4.78, 5) is 3.82. The Morgan fingerprint density at radius 2 is 2.26 bits per heavy atom. The Morgan fingerprint density at radius 1 is 1.53 bits per heavy atom. The highest BCUT2D eigenvalue weighted by Gasteiger charge is 2.22. The fraction of sp³-hybridized carbons (Fsp3) is 0.600. The Hall–Kier alpha value is -0.860. The van der Waals surface area contributed by atoms with Gasteiger partial charge >= 0.3 is 0 Å². The fourth-order valence-corrected chi connectivity index (χ4v) is 3.35. The number of rotatable bonds is 3. The van der Waals surface area contributed by atoms with Crippen molar-refractivity contribution in [2.75, 3.05) is 19.6 Å². The van der Waals surface area contributed by atoms with Gasteiger partial charge in [0.25, 0.3) is 0 Å². The van der Waals surface area contributed by atoms with Crippen molar-refractivity contribution in [1.82, 2.24) is 4.90 Å². The molecule has 0 radical (unpaired) electrons. The molecule has 19 heavy (non-hydrogen) atoms. The second kappa shape index (κ2) is 7.06. The first kappa shape index (κ1) is 14.5. The quantitative estimate of drug-likeness (QED) is 0.827. The van der Waals surface area contributed by atoms with E-state index in [1.807, 2.05) is 6.92 Å². The number of piperidine rings is 1. The van der Waals surface area contributed by atoms with Crippen LogP contribution in [-0.2, 0) is 6.54 Å². The van der Waals surface area contributed by atoms with Gasteiger partial charge in [-0.3, -0.25) is 4.90 Å². The number of likely N-dealkylation sites (tertiary alicyclic amines) is 1. The van der Waals surface area contributed by atoms with Gasteiger partial charge in [-0.15, -0.1) is 11.3 Å². The molecule has 0 aromatic carbocycles. The number of hydrogen-bond acceptors (Lipinski definition) is 4. The zero-order valence-electron chi connectivity index (χ0n) is 11.4. The van der Waals surface area contributed by atoms with Crippen molar-refractivity contribution >= 4 is 11.3 Å². The van der Waals surface area contributed by atoms with Crippen LogP contribution in [0.2, 0.25) is 0 Å². The highest BCUT2D eigenvalue weighted by Crippen LogP contribution is 2.23. The van der Waals surface area contributed by atoms with E-state index in [9.17, 15) is 5.11 Å². The van der Waals surface area contributed by atoms with Crippen molar-refractivity contribution in [2.24, 2.45) is 11.7 Å². The SMILES string of the molecule is CC(O)C1CCN(Cc2cc(C#CCN)cs2)CC1. The molecule has 4 heteroatoms. The third-order valence-electron chi connectivity index (χ3n) is 3.68. The van der Waals surface area contributed by atoms with Crippen LogP contribution in [0.3, 0.4) is 0 Å². The second-order valence-electron chi connectivity index (χ2n) is 5.16. The number of nitrogens with zero attached hydrogens (tertiary/aromatic N) is 1. The molecule has 1 aliphatic heterocycles. The normalized spacial score (nSPS) is 18.9. The van der Waals surface area contributed by atoms with Crippen molar-refractivity contribution in [3.8, 4) is 11.8 Å². The summed E-state index contributed by atoms with van der Waals surface area (Å²) < 4.78 is 0. The van der Waals surface area contributed by atoms with E-state index in [1.165, 1.54) is 4.88 Å². The number of aliphatic hydroxyl groups is 1. The molecule has 3 nitrogen and oxygen atoms in total. The highest BCUT2D eigenvalue weighted by atomic mass is 32.1. The summed E-state index contributed by atoms with van der Waals surface area (Å²) in [7, 11) is 0. The van der Waals surface area contributed by atoms with E-state index in [0.29, 0.717) is 12.5 Å². The zero-order chi connectivity index (χ0) is 13.7. The van der Waals surface area contributed by atoms with E-state index in [1.54, 1.807) is 11.3 Å². The highest BCUT2D eigenvalue weighted by molar-refractivity contribution is 7.10. The Bertz CT molecular complexity index is 450. The van der Waals surface area contributed by atoms with E-state index in [0.717, 1.165) is 38.0 Å². The van der Waals surface area contributed by atoms with Gasteiger partial charge in [-0.25, -0.2) is 0 Å². The van der Waals surface area contributed by atoms with Gasteiger partial charge in [0.2, 0.25) is 0 Å². The first-order valence-corrected chi connectivity index (χ1v) is 7.73. The van der Waals surface area contributed by atoms with Crippen molar-refractivity contribution in [3.05, 3.63) is 21.9 Å². The minimum Gasteiger partial charge on any atom is -0.393 e. The fourth-order valence-electron chi connectivity index (χ4n) is 2.50. The molecule has 0 amide bonds. The largest absolute Gasteiger partial charge is 0.393 e. The molecule has 1 aromatic heterocycles. The van der Waals surface area contributed by atoms with Crippen LogP contribution in [0, 0.1) is 17.8 Å². The van der Waals surface area contributed by atoms with Crippen LogP contribution in [-0.4, -0.2) is 35.7 Å². The number of nitrogens with two attached hydrogens (primary N) is 1. The van der Waals surface area contributed by atoms with Crippen LogP contribution in [0.15, 0.2) is 11.4 Å². The van der Waals surface area contributed by atoms with E-state index in [2.05, 4.69) is 28.2 Å². The Balaban J connectivity index is 1.84. The molecule has 2 rings (SSSR count). The molecule has 104 valence electrons. The molecule has 3 N–H and O–H groups in total. The average molecular weight is 278 g/mol. The third kappa shape index (κ3) is 4.32. The molecule has 1 atom stereocenters. The monoisotopic (exact) mass is 278 g/mol. The molecule has 0 bridgehead atoms. The standard InChI is InChI=1S/C15H22N2OS/c1-12(18)14-4-7-17(8-5-14)10-15-9-13(11-19-15)3-2-6-16/h9,11-12,14,18H,4-8,10,16H2,1H3. The molecular formula is C15H22N2OS. The van der Waals surface area contributed by atoms with Gasteiger partial charge in [-0.05, 0) is 44.8 Å². The van der Waals surface area contributed by atoms with Gasteiger partial charge in [0.05, 0.1) is 12.6 Å². The molecule has 1 fully saturated rings. The van der Waals surface area contributed by atoms with Crippen LogP contribution >= 0.6 is 11.3 Å². The summed E-state index contributed by atoms with van der Waals surface area (Å²) in [6.07, 6.45) is 2.04. The van der Waals surface area contributed by atoms with Gasteiger partial charge in [0.15, 0.2) is 0 Å². The zero-order valence-corrected chi connectivity index (χ0v) is 12.2. The summed E-state index contributed by atoms with van der Waals surface area (Å²) in [6, 6.07) is 2.16. The number of thiophene rings is 1. The van der Waals surface area contributed by atoms with Crippen molar-refractivity contribution in [1.29, 1.82) is 0 Å². The number of aliphatic hydroxyl groups excluding tert-OH is 1. The smallest absolute Gasteiger partial charge is 0.0555 e. The van der Waals surface area contributed by atoms with Gasteiger partial charge in [-0.2, -0.15) is 0 Å². The summed E-state index contributed by atoms with van der Waals surface area (Å²) >= 11 is 1.77. The predicted molar refractivity (Wildman–Crippen MR) is 79.9 cm³/mol. The molecule has 1 aromatic rings. The number of hydrogen-bond donors (Lipinski definition) is 2. The Morgan fingerprint density at radius 3 is 2.89 bits per heavy atom. The topological polar surface area (TPSA) is 49.5 Å². The molecule has 1 aliphatic rings. The van der Waals surface area contributed by atoms with E-state index >= 15 is 0 Å². The predicted octanol–water partition coefficient (Wildman–Crippen LogP) is 1.65. The Kier molecular flexibility index (Phi) is 5.41. The van der Waals surface area contributed by atoms with E-state index in [-0.39, 0.29) is 6.10 Å². The van der Waals surface area contributed by atoms with E-state index < -0.39 is 0 Å². The van der Waals surface area contributed by atoms with Gasteiger partial charge in [-0.1, -0.05) is 11.8 Å². The summed E-state index contributed by atoms with van der Waals surface area (Å²) in [5.41, 5.74) is 6.44. The van der Waals surface area contributed by atoms with Crippen LogP contribution in [0.4, 0.5) is 0 Å². The summed E-state index contributed by atoms with van der Waals surface area (Å²) in [6.45, 7) is 5.48. The lowest BCUT2D eigenvalue weighted by Gasteiger charge is -2.32. The lowest BCUT2D eigenvalue weighted by molar-refractivity contribution is 0.0698. The minimum absolute atomic E-state index is 0.165. The van der Waals surface area contributed by atoms with Crippen molar-refractivity contribution in [2.45, 2.75) is 32.4 Å². The maximum absolute atomic E-state index is 9.60. The lowest BCUT2D eigenvalue weighted by atomic mass is 9.92.